The molecular formula is C20H19N3O3S. The maximum absolute atomic E-state index is 10.7. The second-order valence-electron chi connectivity index (χ2n) is 6.39. The third-order valence-corrected chi connectivity index (χ3v) is 5.31. The summed E-state index contributed by atoms with van der Waals surface area (Å²) in [5.74, 6) is 1.99. The summed E-state index contributed by atoms with van der Waals surface area (Å²) >= 11 is 1.56. The molecule has 4 aromatic rings. The van der Waals surface area contributed by atoms with Crippen LogP contribution in [0, 0.1) is 0 Å². The van der Waals surface area contributed by atoms with E-state index in [-0.39, 0.29) is 6.54 Å². The summed E-state index contributed by atoms with van der Waals surface area (Å²) in [6, 6.07) is 11.4. The molecule has 6 nitrogen and oxygen atoms in total. The van der Waals surface area contributed by atoms with Gasteiger partial charge in [0.25, 0.3) is 0 Å². The van der Waals surface area contributed by atoms with Crippen molar-refractivity contribution in [3.05, 3.63) is 60.1 Å². The van der Waals surface area contributed by atoms with E-state index in [0.29, 0.717) is 11.6 Å². The van der Waals surface area contributed by atoms with Crippen LogP contribution in [-0.2, 0) is 5.60 Å². The van der Waals surface area contributed by atoms with Crippen molar-refractivity contribution in [3.63, 3.8) is 0 Å². The second-order valence-corrected chi connectivity index (χ2v) is 7.24. The van der Waals surface area contributed by atoms with Gasteiger partial charge in [-0.25, -0.2) is 9.97 Å². The first-order valence-electron chi connectivity index (χ1n) is 8.45. The fourth-order valence-corrected chi connectivity index (χ4v) is 3.84. The van der Waals surface area contributed by atoms with Crippen molar-refractivity contribution in [3.8, 4) is 16.9 Å². The van der Waals surface area contributed by atoms with Crippen LogP contribution in [-0.4, -0.2) is 28.7 Å². The van der Waals surface area contributed by atoms with Crippen LogP contribution in [0.15, 0.2) is 58.8 Å². The molecule has 0 amide bonds. The Kier molecular flexibility index (Phi) is 4.55. The number of anilines is 1. The summed E-state index contributed by atoms with van der Waals surface area (Å²) in [6.07, 6.45) is 3.08. The van der Waals surface area contributed by atoms with Gasteiger partial charge >= 0.3 is 0 Å². The number of ether oxygens (including phenoxy) is 1. The first-order chi connectivity index (χ1) is 13.1. The fraction of sp³-hybridized carbons (Fsp3) is 0.200. The molecule has 0 saturated heterocycles. The Labute approximate surface area is 160 Å². The highest BCUT2D eigenvalue weighted by Gasteiger charge is 2.26. The second kappa shape index (κ2) is 7.02. The number of aromatic nitrogens is 2. The minimum absolute atomic E-state index is 0.254. The van der Waals surface area contributed by atoms with Crippen LogP contribution in [0.25, 0.3) is 21.3 Å². The molecule has 2 N–H and O–H groups in total. The Bertz CT molecular complexity index is 1040. The average molecular weight is 381 g/mol. The molecule has 3 heterocycles. The summed E-state index contributed by atoms with van der Waals surface area (Å²) in [4.78, 5) is 9.66. The molecule has 0 unspecified atom stereocenters. The van der Waals surface area contributed by atoms with Crippen LogP contribution in [0.3, 0.4) is 0 Å². The van der Waals surface area contributed by atoms with Crippen molar-refractivity contribution >= 4 is 27.4 Å². The predicted octanol–water partition coefficient (Wildman–Crippen LogP) is 4.28. The zero-order valence-corrected chi connectivity index (χ0v) is 15.8. The maximum atomic E-state index is 10.7. The van der Waals surface area contributed by atoms with Gasteiger partial charge in [-0.2, -0.15) is 0 Å². The number of nitrogens with zero attached hydrogens (tertiary/aromatic N) is 2. The van der Waals surface area contributed by atoms with E-state index in [1.54, 1.807) is 43.8 Å². The van der Waals surface area contributed by atoms with Crippen molar-refractivity contribution in [2.24, 2.45) is 0 Å². The van der Waals surface area contributed by atoms with Crippen LogP contribution < -0.4 is 10.1 Å². The molecule has 7 heteroatoms. The smallest absolute Gasteiger partial charge is 0.138 e. The minimum Gasteiger partial charge on any atom is -0.497 e. The van der Waals surface area contributed by atoms with Crippen molar-refractivity contribution in [1.82, 2.24) is 9.97 Å². The van der Waals surface area contributed by atoms with Crippen LogP contribution in [0.1, 0.15) is 12.7 Å². The molecule has 27 heavy (non-hydrogen) atoms. The lowest BCUT2D eigenvalue weighted by molar-refractivity contribution is 0.0476. The van der Waals surface area contributed by atoms with Gasteiger partial charge in [0, 0.05) is 10.9 Å². The average Bonchev–Trinajstić information content (AvgIpc) is 3.37. The van der Waals surface area contributed by atoms with E-state index in [0.717, 1.165) is 27.1 Å². The molecule has 0 spiro atoms. The normalized spacial score (nSPS) is 13.4. The molecule has 4 rings (SSSR count). The van der Waals surface area contributed by atoms with Gasteiger partial charge < -0.3 is 19.6 Å². The van der Waals surface area contributed by atoms with Gasteiger partial charge in [-0.15, -0.1) is 11.3 Å². The Morgan fingerprint density at radius 1 is 1.22 bits per heavy atom. The number of aliphatic hydroxyl groups is 1. The van der Waals surface area contributed by atoms with E-state index in [4.69, 9.17) is 9.15 Å². The van der Waals surface area contributed by atoms with Crippen LogP contribution in [0.4, 0.5) is 5.82 Å². The molecule has 138 valence electrons. The van der Waals surface area contributed by atoms with Crippen LogP contribution >= 0.6 is 11.3 Å². The highest BCUT2D eigenvalue weighted by Crippen LogP contribution is 2.37. The zero-order chi connectivity index (χ0) is 18.9. The van der Waals surface area contributed by atoms with E-state index in [1.807, 2.05) is 24.3 Å². The van der Waals surface area contributed by atoms with Gasteiger partial charge in [0.1, 0.15) is 34.1 Å². The number of thiophene rings is 1. The van der Waals surface area contributed by atoms with Crippen molar-refractivity contribution in [1.29, 1.82) is 0 Å². The molecule has 0 aliphatic heterocycles. The number of fused-ring (bicyclic) bond motifs is 1. The first-order valence-corrected chi connectivity index (χ1v) is 9.33. The van der Waals surface area contributed by atoms with Crippen LogP contribution in [0.5, 0.6) is 5.75 Å². The van der Waals surface area contributed by atoms with Crippen LogP contribution in [0.2, 0.25) is 0 Å². The zero-order valence-electron chi connectivity index (χ0n) is 15.0. The molecule has 1 atom stereocenters. The summed E-state index contributed by atoms with van der Waals surface area (Å²) in [7, 11) is 1.65. The van der Waals surface area contributed by atoms with E-state index >= 15 is 0 Å². The molecule has 0 saturated carbocycles. The minimum atomic E-state index is -1.16. The number of furan rings is 1. The van der Waals surface area contributed by atoms with Gasteiger partial charge in [-0.1, -0.05) is 12.1 Å². The SMILES string of the molecule is COc1ccc(-c2csc3ncnc(NC[C@@](C)(O)c4ccco4)c23)cc1. The molecular weight excluding hydrogens is 362 g/mol. The number of rotatable bonds is 6. The third kappa shape index (κ3) is 3.39. The first kappa shape index (κ1) is 17.5. The summed E-state index contributed by atoms with van der Waals surface area (Å²) in [6.45, 7) is 1.96. The molecule has 0 aliphatic carbocycles. The lowest BCUT2D eigenvalue weighted by Gasteiger charge is -2.21. The van der Waals surface area contributed by atoms with Crippen molar-refractivity contribution in [2.45, 2.75) is 12.5 Å². The number of benzene rings is 1. The third-order valence-electron chi connectivity index (χ3n) is 4.42. The molecule has 3 aromatic heterocycles. The summed E-state index contributed by atoms with van der Waals surface area (Å²) in [5, 5.41) is 16.9. The van der Waals surface area contributed by atoms with Crippen molar-refractivity contribution < 1.29 is 14.3 Å². The van der Waals surface area contributed by atoms with Gasteiger partial charge in [-0.05, 0) is 36.8 Å². The van der Waals surface area contributed by atoms with Gasteiger partial charge in [0.2, 0.25) is 0 Å². The molecule has 0 radical (unpaired) electrons. The Morgan fingerprint density at radius 2 is 2.04 bits per heavy atom. The van der Waals surface area contributed by atoms with E-state index in [2.05, 4.69) is 20.7 Å². The molecule has 0 fully saturated rings. The Hall–Kier alpha value is -2.90. The quantitative estimate of drug-likeness (QED) is 0.519. The fourth-order valence-electron chi connectivity index (χ4n) is 2.92. The monoisotopic (exact) mass is 381 g/mol. The number of hydrogen-bond acceptors (Lipinski definition) is 7. The molecule has 0 aliphatic rings. The molecule has 1 aromatic carbocycles. The van der Waals surface area contributed by atoms with E-state index in [9.17, 15) is 5.11 Å². The highest BCUT2D eigenvalue weighted by atomic mass is 32.1. The van der Waals surface area contributed by atoms with Gasteiger partial charge in [-0.3, -0.25) is 0 Å². The van der Waals surface area contributed by atoms with Gasteiger partial charge in [0.15, 0.2) is 0 Å². The van der Waals surface area contributed by atoms with E-state index < -0.39 is 5.60 Å². The summed E-state index contributed by atoms with van der Waals surface area (Å²) < 4.78 is 10.6. The number of nitrogens with one attached hydrogen (secondary N) is 1. The standard InChI is InChI=1S/C20H19N3O3S/c1-20(24,16-4-3-9-26-16)11-21-18-17-15(10-27-19(17)23-12-22-18)13-5-7-14(25-2)8-6-13/h3-10,12,24H,11H2,1-2H3,(H,21,22,23)/t20-/m1/s1. The molecule has 0 bridgehead atoms. The lowest BCUT2D eigenvalue weighted by atomic mass is 10.0. The number of hydrogen-bond donors (Lipinski definition) is 2. The topological polar surface area (TPSA) is 80.4 Å². The summed E-state index contributed by atoms with van der Waals surface area (Å²) in [5.41, 5.74) is 0.938. The highest BCUT2D eigenvalue weighted by molar-refractivity contribution is 7.17. The van der Waals surface area contributed by atoms with Gasteiger partial charge in [0.05, 0.1) is 25.3 Å². The van der Waals surface area contributed by atoms with Crippen molar-refractivity contribution in [2.75, 3.05) is 19.0 Å². The predicted molar refractivity (Wildman–Crippen MR) is 106 cm³/mol. The number of methoxy groups -OCH3 is 1. The largest absolute Gasteiger partial charge is 0.497 e. The Morgan fingerprint density at radius 3 is 2.74 bits per heavy atom. The van der Waals surface area contributed by atoms with E-state index in [1.165, 1.54) is 6.33 Å². The maximum Gasteiger partial charge on any atom is 0.138 e. The Balaban J connectivity index is 1.68. The lowest BCUT2D eigenvalue weighted by Crippen LogP contribution is -2.30.